The minimum atomic E-state index is -1.30. The number of hydrogen-bond acceptors (Lipinski definition) is 5. The molecule has 1 fully saturated rings. The summed E-state index contributed by atoms with van der Waals surface area (Å²) in [6, 6.07) is 9.42. The zero-order valence-electron chi connectivity index (χ0n) is 9.88. The van der Waals surface area contributed by atoms with Crippen molar-refractivity contribution in [1.29, 1.82) is 0 Å². The van der Waals surface area contributed by atoms with Crippen LogP contribution < -0.4 is 0 Å². The summed E-state index contributed by atoms with van der Waals surface area (Å²) in [5.41, 5.74) is 0.960. The van der Waals surface area contributed by atoms with Crippen molar-refractivity contribution < 1.29 is 25.2 Å². The minimum Gasteiger partial charge on any atom is -0.394 e. The summed E-state index contributed by atoms with van der Waals surface area (Å²) >= 11 is 0. The van der Waals surface area contributed by atoms with Crippen LogP contribution in [0.2, 0.25) is 0 Å². The first-order valence-corrected chi connectivity index (χ1v) is 5.98. The van der Waals surface area contributed by atoms with Gasteiger partial charge >= 0.3 is 0 Å². The summed E-state index contributed by atoms with van der Waals surface area (Å²) in [7, 11) is 0. The average molecular weight is 254 g/mol. The molecule has 0 radical (unpaired) electrons. The van der Waals surface area contributed by atoms with E-state index in [-0.39, 0.29) is 0 Å². The topological polar surface area (TPSA) is 90.2 Å². The molecule has 1 aliphatic heterocycles. The molecule has 0 saturated carbocycles. The lowest BCUT2D eigenvalue weighted by atomic mass is 9.92. The molecule has 1 aromatic rings. The molecule has 0 spiro atoms. The highest BCUT2D eigenvalue weighted by Crippen LogP contribution is 2.23. The van der Waals surface area contributed by atoms with Crippen LogP contribution in [0.3, 0.4) is 0 Å². The molecule has 18 heavy (non-hydrogen) atoms. The molecule has 100 valence electrons. The molecular formula is C13H18O5. The molecule has 0 amide bonds. The number of aliphatic hydroxyl groups is 4. The lowest BCUT2D eigenvalue weighted by molar-refractivity contribution is -0.228. The Morgan fingerprint density at radius 1 is 0.889 bits per heavy atom. The number of benzene rings is 1. The highest BCUT2D eigenvalue weighted by Gasteiger charge is 2.43. The van der Waals surface area contributed by atoms with Gasteiger partial charge in [0.1, 0.15) is 24.4 Å². The first-order valence-electron chi connectivity index (χ1n) is 5.98. The van der Waals surface area contributed by atoms with Crippen LogP contribution in [0.5, 0.6) is 0 Å². The third-order valence-corrected chi connectivity index (χ3v) is 3.27. The molecule has 2 rings (SSSR count). The Kier molecular flexibility index (Phi) is 4.31. The Morgan fingerprint density at radius 3 is 2.11 bits per heavy atom. The highest BCUT2D eigenvalue weighted by atomic mass is 16.5. The monoisotopic (exact) mass is 254 g/mol. The fourth-order valence-electron chi connectivity index (χ4n) is 2.19. The Balaban J connectivity index is 2.08. The quantitative estimate of drug-likeness (QED) is 0.559. The van der Waals surface area contributed by atoms with E-state index >= 15 is 0 Å². The molecule has 1 saturated heterocycles. The van der Waals surface area contributed by atoms with Gasteiger partial charge in [-0.25, -0.2) is 0 Å². The van der Waals surface area contributed by atoms with Crippen molar-refractivity contribution in [2.24, 2.45) is 0 Å². The van der Waals surface area contributed by atoms with Gasteiger partial charge in [-0.1, -0.05) is 30.3 Å². The molecule has 2 unspecified atom stereocenters. The van der Waals surface area contributed by atoms with Crippen molar-refractivity contribution >= 4 is 0 Å². The summed E-state index contributed by atoms with van der Waals surface area (Å²) in [5, 5.41) is 38.2. The zero-order valence-corrected chi connectivity index (χ0v) is 9.88. The van der Waals surface area contributed by atoms with Crippen molar-refractivity contribution in [1.82, 2.24) is 0 Å². The summed E-state index contributed by atoms with van der Waals surface area (Å²) in [4.78, 5) is 0. The fourth-order valence-corrected chi connectivity index (χ4v) is 2.19. The highest BCUT2D eigenvalue weighted by molar-refractivity contribution is 5.16. The van der Waals surface area contributed by atoms with E-state index < -0.39 is 37.1 Å². The molecule has 1 aliphatic rings. The SMILES string of the molecule is OCC1O[C@@H](Cc2ccccc2)C(O)[C@@H](O)[C@@H]1O. The van der Waals surface area contributed by atoms with E-state index in [0.717, 1.165) is 5.56 Å². The van der Waals surface area contributed by atoms with Gasteiger partial charge in [-0.05, 0) is 5.56 Å². The van der Waals surface area contributed by atoms with Gasteiger partial charge < -0.3 is 25.2 Å². The third kappa shape index (κ3) is 2.71. The van der Waals surface area contributed by atoms with E-state index in [4.69, 9.17) is 9.84 Å². The lowest BCUT2D eigenvalue weighted by Gasteiger charge is -2.40. The number of aliphatic hydroxyl groups excluding tert-OH is 4. The second-order valence-corrected chi connectivity index (χ2v) is 4.56. The van der Waals surface area contributed by atoms with Gasteiger partial charge in [0.05, 0.1) is 12.7 Å². The van der Waals surface area contributed by atoms with Gasteiger partial charge in [-0.3, -0.25) is 0 Å². The van der Waals surface area contributed by atoms with Gasteiger partial charge in [0.25, 0.3) is 0 Å². The number of rotatable bonds is 3. The van der Waals surface area contributed by atoms with Crippen LogP contribution in [-0.4, -0.2) is 57.6 Å². The zero-order chi connectivity index (χ0) is 13.1. The maximum Gasteiger partial charge on any atom is 0.111 e. The Labute approximate surface area is 105 Å². The molecule has 5 nitrogen and oxygen atoms in total. The smallest absolute Gasteiger partial charge is 0.111 e. The van der Waals surface area contributed by atoms with Crippen LogP contribution in [0, 0.1) is 0 Å². The van der Waals surface area contributed by atoms with Gasteiger partial charge in [0.15, 0.2) is 0 Å². The van der Waals surface area contributed by atoms with E-state index in [1.54, 1.807) is 0 Å². The molecule has 5 atom stereocenters. The standard InChI is InChI=1S/C13H18O5/c14-7-10-12(16)13(17)11(15)9(18-10)6-8-4-2-1-3-5-8/h1-5,9-17H,6-7H2/t9-,10?,11?,12+,13+/m0/s1. The average Bonchev–Trinajstić information content (AvgIpc) is 2.40. The van der Waals surface area contributed by atoms with Crippen LogP contribution in [0.25, 0.3) is 0 Å². The van der Waals surface area contributed by atoms with Crippen LogP contribution >= 0.6 is 0 Å². The predicted molar refractivity (Wildman–Crippen MR) is 63.9 cm³/mol. The Hall–Kier alpha value is -0.980. The molecule has 1 heterocycles. The molecule has 0 aromatic heterocycles. The van der Waals surface area contributed by atoms with Gasteiger partial charge in [-0.2, -0.15) is 0 Å². The van der Waals surface area contributed by atoms with Gasteiger partial charge in [-0.15, -0.1) is 0 Å². The molecule has 1 aromatic carbocycles. The third-order valence-electron chi connectivity index (χ3n) is 3.27. The summed E-state index contributed by atoms with van der Waals surface area (Å²) in [6.07, 6.45) is -4.81. The predicted octanol–water partition coefficient (Wildman–Crippen LogP) is -0.929. The Morgan fingerprint density at radius 2 is 1.50 bits per heavy atom. The van der Waals surface area contributed by atoms with Crippen molar-refractivity contribution in [3.8, 4) is 0 Å². The minimum absolute atomic E-state index is 0.393. The maximum absolute atomic E-state index is 9.87. The first-order chi connectivity index (χ1) is 8.63. The molecule has 5 heteroatoms. The van der Waals surface area contributed by atoms with Crippen molar-refractivity contribution in [3.63, 3.8) is 0 Å². The van der Waals surface area contributed by atoms with E-state index in [2.05, 4.69) is 0 Å². The van der Waals surface area contributed by atoms with Crippen LogP contribution in [0.15, 0.2) is 30.3 Å². The van der Waals surface area contributed by atoms with Gasteiger partial charge in [0, 0.05) is 6.42 Å². The summed E-state index contributed by atoms with van der Waals surface area (Å²) < 4.78 is 5.42. The van der Waals surface area contributed by atoms with Crippen LogP contribution in [0.4, 0.5) is 0 Å². The molecule has 4 N–H and O–H groups in total. The molecular weight excluding hydrogens is 236 g/mol. The summed E-state index contributed by atoms with van der Waals surface area (Å²) in [5.74, 6) is 0. The van der Waals surface area contributed by atoms with Crippen molar-refractivity contribution in [3.05, 3.63) is 35.9 Å². The normalized spacial score (nSPS) is 36.6. The van der Waals surface area contributed by atoms with Crippen LogP contribution in [0.1, 0.15) is 5.56 Å². The summed E-state index contributed by atoms with van der Waals surface area (Å²) in [6.45, 7) is -0.393. The maximum atomic E-state index is 9.87. The van der Waals surface area contributed by atoms with E-state index in [1.807, 2.05) is 30.3 Å². The van der Waals surface area contributed by atoms with Crippen LogP contribution in [-0.2, 0) is 11.2 Å². The molecule has 0 bridgehead atoms. The van der Waals surface area contributed by atoms with Crippen molar-refractivity contribution in [2.75, 3.05) is 6.61 Å². The first kappa shape index (κ1) is 13.5. The number of ether oxygens (including phenoxy) is 1. The van der Waals surface area contributed by atoms with E-state index in [0.29, 0.717) is 6.42 Å². The van der Waals surface area contributed by atoms with Gasteiger partial charge in [0.2, 0.25) is 0 Å². The Bertz CT molecular complexity index is 367. The number of hydrogen-bond donors (Lipinski definition) is 4. The van der Waals surface area contributed by atoms with Crippen molar-refractivity contribution in [2.45, 2.75) is 36.9 Å². The lowest BCUT2D eigenvalue weighted by Crippen LogP contribution is -2.58. The second kappa shape index (κ2) is 5.77. The van der Waals surface area contributed by atoms with E-state index in [1.165, 1.54) is 0 Å². The van der Waals surface area contributed by atoms with E-state index in [9.17, 15) is 15.3 Å². The fraction of sp³-hybridized carbons (Fsp3) is 0.538. The molecule has 0 aliphatic carbocycles. The second-order valence-electron chi connectivity index (χ2n) is 4.56. The largest absolute Gasteiger partial charge is 0.394 e.